The summed E-state index contributed by atoms with van der Waals surface area (Å²) in [4.78, 5) is 41.8. The molecule has 0 saturated heterocycles. The van der Waals surface area contributed by atoms with Crippen molar-refractivity contribution < 1.29 is 14.3 Å². The van der Waals surface area contributed by atoms with Crippen molar-refractivity contribution in [3.05, 3.63) is 96.7 Å². The van der Waals surface area contributed by atoms with Crippen LogP contribution in [0, 0.1) is 5.92 Å². The fraction of sp³-hybridized carbons (Fsp3) is 0.226. The summed E-state index contributed by atoms with van der Waals surface area (Å²) in [6.07, 6.45) is 2.19. The summed E-state index contributed by atoms with van der Waals surface area (Å²) in [5, 5.41) is 0. The van der Waals surface area contributed by atoms with Gasteiger partial charge in [0.2, 0.25) is 5.95 Å². The minimum Gasteiger partial charge on any atom is -0.497 e. The molecule has 1 unspecified atom stereocenters. The third-order valence-corrected chi connectivity index (χ3v) is 6.67. The van der Waals surface area contributed by atoms with Crippen molar-refractivity contribution in [1.82, 2.24) is 9.97 Å². The molecule has 4 aromatic rings. The highest BCUT2D eigenvalue weighted by molar-refractivity contribution is 6.10. The molecule has 3 amide bonds. The molecule has 0 fully saturated rings. The summed E-state index contributed by atoms with van der Waals surface area (Å²) in [5.41, 5.74) is 9.03. The molecule has 3 aromatic carbocycles. The van der Waals surface area contributed by atoms with Gasteiger partial charge < -0.3 is 10.5 Å². The van der Waals surface area contributed by atoms with Crippen LogP contribution in [0.3, 0.4) is 0 Å². The summed E-state index contributed by atoms with van der Waals surface area (Å²) in [7, 11) is 1.60. The van der Waals surface area contributed by atoms with E-state index in [0.717, 1.165) is 5.56 Å². The van der Waals surface area contributed by atoms with Crippen molar-refractivity contribution in [3.63, 3.8) is 0 Å². The van der Waals surface area contributed by atoms with Gasteiger partial charge in [-0.1, -0.05) is 50.2 Å². The number of urea groups is 1. The summed E-state index contributed by atoms with van der Waals surface area (Å²) in [6, 6.07) is 24.8. The highest BCUT2D eigenvalue weighted by atomic mass is 16.5. The Morgan fingerprint density at radius 2 is 1.62 bits per heavy atom. The predicted octanol–water partition coefficient (Wildman–Crippen LogP) is 5.80. The zero-order valence-electron chi connectivity index (χ0n) is 22.8. The average molecular weight is 537 g/mol. The first-order valence-electron chi connectivity index (χ1n) is 13.2. The average Bonchev–Trinajstić information content (AvgIpc) is 2.97. The number of methoxy groups -OCH3 is 1. The van der Waals surface area contributed by atoms with E-state index in [4.69, 9.17) is 15.5 Å². The minimum atomic E-state index is -0.739. The fourth-order valence-corrected chi connectivity index (χ4v) is 4.72. The molecule has 2 N–H and O–H groups in total. The number of hydrogen-bond donors (Lipinski definition) is 1. The maximum Gasteiger partial charge on any atom is 0.335 e. The molecule has 0 spiro atoms. The van der Waals surface area contributed by atoms with Gasteiger partial charge in [-0.2, -0.15) is 4.98 Å². The number of nitrogens with two attached hydrogens (primary N) is 1. The lowest BCUT2D eigenvalue weighted by Gasteiger charge is -2.36. The van der Waals surface area contributed by atoms with Crippen LogP contribution in [-0.4, -0.2) is 35.1 Å². The number of para-hydroxylation sites is 2. The van der Waals surface area contributed by atoms with Gasteiger partial charge in [-0.05, 0) is 60.9 Å². The van der Waals surface area contributed by atoms with Crippen LogP contribution in [0.2, 0.25) is 0 Å². The highest BCUT2D eigenvalue weighted by Crippen LogP contribution is 2.37. The summed E-state index contributed by atoms with van der Waals surface area (Å²) < 4.78 is 5.28. The molecule has 0 bridgehead atoms. The topological polar surface area (TPSA) is 105 Å². The largest absolute Gasteiger partial charge is 0.497 e. The third-order valence-electron chi connectivity index (χ3n) is 6.67. The van der Waals surface area contributed by atoms with Crippen LogP contribution in [0.15, 0.2) is 91.1 Å². The quantitative estimate of drug-likeness (QED) is 0.305. The minimum absolute atomic E-state index is 0.154. The molecule has 2 heterocycles. The van der Waals surface area contributed by atoms with E-state index < -0.39 is 6.04 Å². The van der Waals surface area contributed by atoms with Gasteiger partial charge in [0.25, 0.3) is 5.91 Å². The van der Waals surface area contributed by atoms with Crippen LogP contribution in [0.25, 0.3) is 0 Å². The van der Waals surface area contributed by atoms with Crippen LogP contribution in [0.1, 0.15) is 25.8 Å². The van der Waals surface area contributed by atoms with Gasteiger partial charge in [-0.15, -0.1) is 0 Å². The second-order valence-corrected chi connectivity index (χ2v) is 10.0. The molecule has 9 heteroatoms. The maximum atomic E-state index is 14.0. The van der Waals surface area contributed by atoms with Gasteiger partial charge >= 0.3 is 6.03 Å². The van der Waals surface area contributed by atoms with Crippen molar-refractivity contribution in [2.45, 2.75) is 32.9 Å². The first-order valence-corrected chi connectivity index (χ1v) is 13.2. The lowest BCUT2D eigenvalue weighted by molar-refractivity contribution is -0.119. The van der Waals surface area contributed by atoms with Crippen LogP contribution in [-0.2, 0) is 11.3 Å². The van der Waals surface area contributed by atoms with Crippen LogP contribution < -0.4 is 25.2 Å². The molecule has 40 heavy (non-hydrogen) atoms. The van der Waals surface area contributed by atoms with Gasteiger partial charge in [0.15, 0.2) is 5.82 Å². The first kappa shape index (κ1) is 26.8. The van der Waals surface area contributed by atoms with Gasteiger partial charge in [-0.25, -0.2) is 19.6 Å². The number of benzene rings is 3. The molecule has 1 aromatic heterocycles. The van der Waals surface area contributed by atoms with E-state index in [1.54, 1.807) is 23.1 Å². The highest BCUT2D eigenvalue weighted by Gasteiger charge is 2.36. The molecule has 0 radical (unpaired) electrons. The number of rotatable bonds is 8. The van der Waals surface area contributed by atoms with Gasteiger partial charge in [0.1, 0.15) is 5.75 Å². The monoisotopic (exact) mass is 536 g/mol. The van der Waals surface area contributed by atoms with E-state index in [0.29, 0.717) is 35.1 Å². The van der Waals surface area contributed by atoms with Crippen LogP contribution in [0.5, 0.6) is 5.75 Å². The summed E-state index contributed by atoms with van der Waals surface area (Å²) >= 11 is 0. The molecule has 9 nitrogen and oxygen atoms in total. The van der Waals surface area contributed by atoms with E-state index in [1.165, 1.54) is 4.90 Å². The molecule has 5 rings (SSSR count). The van der Waals surface area contributed by atoms with Crippen molar-refractivity contribution in [3.8, 4) is 5.75 Å². The molecular weight excluding hydrogens is 504 g/mol. The molecule has 0 aliphatic carbocycles. The summed E-state index contributed by atoms with van der Waals surface area (Å²) in [6.45, 7) is 4.30. The lowest BCUT2D eigenvalue weighted by atomic mass is 10.0. The Labute approximate surface area is 233 Å². The lowest BCUT2D eigenvalue weighted by Crippen LogP contribution is -2.46. The summed E-state index contributed by atoms with van der Waals surface area (Å²) in [5.74, 6) is 1.19. The second kappa shape index (κ2) is 11.5. The number of aromatic nitrogens is 2. The van der Waals surface area contributed by atoms with Gasteiger partial charge in [0.05, 0.1) is 31.1 Å². The maximum absolute atomic E-state index is 14.0. The Hall–Kier alpha value is -4.76. The SMILES string of the molecule is COc1ccc(N2Cc3cnc(N(C(=O)C(N)CC(C)C)c4ccccc4)nc3N(c3ccccc3)C2=O)cc1. The Balaban J connectivity index is 1.61. The number of anilines is 5. The second-order valence-electron chi connectivity index (χ2n) is 10.0. The van der Waals surface area contributed by atoms with E-state index in [2.05, 4.69) is 4.98 Å². The van der Waals surface area contributed by atoms with E-state index in [1.807, 2.05) is 98.8 Å². The van der Waals surface area contributed by atoms with Crippen molar-refractivity contribution in [2.24, 2.45) is 11.7 Å². The first-order chi connectivity index (χ1) is 19.4. The Morgan fingerprint density at radius 3 is 2.25 bits per heavy atom. The molecular formula is C31H32N6O3. The Bertz CT molecular complexity index is 1480. The van der Waals surface area contributed by atoms with Gasteiger partial charge in [-0.3, -0.25) is 9.69 Å². The van der Waals surface area contributed by atoms with Crippen molar-refractivity contribution >= 4 is 40.8 Å². The number of carbonyl (C=O) groups excluding carboxylic acids is 2. The van der Waals surface area contributed by atoms with Gasteiger partial charge in [0, 0.05) is 17.4 Å². The van der Waals surface area contributed by atoms with Crippen molar-refractivity contribution in [1.29, 1.82) is 0 Å². The molecule has 1 atom stereocenters. The van der Waals surface area contributed by atoms with E-state index in [9.17, 15) is 9.59 Å². The number of hydrogen-bond acceptors (Lipinski definition) is 6. The number of fused-ring (bicyclic) bond motifs is 1. The zero-order valence-corrected chi connectivity index (χ0v) is 22.8. The molecule has 0 saturated carbocycles. The van der Waals surface area contributed by atoms with Crippen LogP contribution in [0.4, 0.5) is 33.6 Å². The number of nitrogens with zero attached hydrogens (tertiary/aromatic N) is 5. The van der Waals surface area contributed by atoms with E-state index >= 15 is 0 Å². The standard InChI is InChI=1S/C31H32N6O3/c1-21(2)18-27(32)29(38)37(25-12-8-5-9-13-25)30-33-19-22-20-35(23-14-16-26(40-3)17-15-23)31(39)36(28(22)34-30)24-10-6-4-7-11-24/h4-17,19,21,27H,18,20,32H2,1-3H3. The zero-order chi connectivity index (χ0) is 28.2. The smallest absolute Gasteiger partial charge is 0.335 e. The number of amides is 3. The molecule has 204 valence electrons. The molecule has 1 aliphatic rings. The fourth-order valence-electron chi connectivity index (χ4n) is 4.72. The molecule has 1 aliphatic heterocycles. The van der Waals surface area contributed by atoms with Crippen molar-refractivity contribution in [2.75, 3.05) is 21.8 Å². The van der Waals surface area contributed by atoms with Crippen LogP contribution >= 0.6 is 0 Å². The predicted molar refractivity (Wildman–Crippen MR) is 156 cm³/mol. The number of ether oxygens (including phenoxy) is 1. The Morgan fingerprint density at radius 1 is 0.975 bits per heavy atom. The normalized spacial score (nSPS) is 13.7. The van der Waals surface area contributed by atoms with E-state index in [-0.39, 0.29) is 30.3 Å². The Kier molecular flexibility index (Phi) is 7.75. The third kappa shape index (κ3) is 5.37. The number of carbonyl (C=O) groups is 2.